The van der Waals surface area contributed by atoms with Crippen LogP contribution in [0.25, 0.3) is 0 Å². The van der Waals surface area contributed by atoms with Gasteiger partial charge in [0.1, 0.15) is 5.25 Å². The summed E-state index contributed by atoms with van der Waals surface area (Å²) in [6.07, 6.45) is 0. The molecule has 0 saturated carbocycles. The summed E-state index contributed by atoms with van der Waals surface area (Å²) in [5.74, 6) is -0.296. The van der Waals surface area contributed by atoms with E-state index in [1.807, 2.05) is 0 Å². The minimum absolute atomic E-state index is 0.176. The second-order valence-electron chi connectivity index (χ2n) is 5.51. The van der Waals surface area contributed by atoms with Crippen LogP contribution in [0.2, 0.25) is 0 Å². The van der Waals surface area contributed by atoms with Crippen molar-refractivity contribution in [2.45, 2.75) is 28.9 Å². The minimum atomic E-state index is -0.894. The lowest BCUT2D eigenvalue weighted by Crippen LogP contribution is -2.26. The molecule has 0 spiro atoms. The van der Waals surface area contributed by atoms with Crippen molar-refractivity contribution in [3.8, 4) is 0 Å². The third-order valence-corrected chi connectivity index (χ3v) is 5.64. The van der Waals surface area contributed by atoms with Gasteiger partial charge in [-0.25, -0.2) is 0 Å². The van der Waals surface area contributed by atoms with Crippen molar-refractivity contribution in [2.24, 2.45) is 0 Å². The quantitative estimate of drug-likeness (QED) is 0.537. The van der Waals surface area contributed by atoms with Crippen LogP contribution in [0.5, 0.6) is 0 Å². The first-order valence-corrected chi connectivity index (χ1v) is 9.80. The van der Waals surface area contributed by atoms with E-state index >= 15 is 0 Å². The zero-order valence-corrected chi connectivity index (χ0v) is 15.8. The fraction of sp³-hybridized carbons (Fsp3) is 0.263. The van der Waals surface area contributed by atoms with E-state index in [0.29, 0.717) is 17.0 Å². The number of amides is 1. The summed E-state index contributed by atoms with van der Waals surface area (Å²) in [4.78, 5) is 25.3. The van der Waals surface area contributed by atoms with Crippen molar-refractivity contribution in [3.05, 3.63) is 59.7 Å². The third-order valence-electron chi connectivity index (χ3n) is 3.46. The normalized spacial score (nSPS) is 11.8. The lowest BCUT2D eigenvalue weighted by molar-refractivity contribution is -0.136. The van der Waals surface area contributed by atoms with Crippen molar-refractivity contribution in [3.63, 3.8) is 0 Å². The molecular weight excluding hydrogens is 354 g/mol. The molecule has 1 atom stereocenters. The fourth-order valence-electron chi connectivity index (χ4n) is 2.06. The zero-order valence-electron chi connectivity index (χ0n) is 14.2. The van der Waals surface area contributed by atoms with Gasteiger partial charge in [0.2, 0.25) is 0 Å². The standard InChI is InChI=1S/C19H21NO3S2/c1-13-7-9-15(10-8-13)24-12-11-20-18(21)16-5-3-4-6-17(16)25-14(2)19(22)23/h3-10,14H,11-12H2,1-2H3,(H,20,21)(H,22,23). The van der Waals surface area contributed by atoms with Crippen LogP contribution in [0.15, 0.2) is 58.3 Å². The number of carboxylic acid groups (broad SMARTS) is 1. The maximum Gasteiger partial charge on any atom is 0.316 e. The summed E-state index contributed by atoms with van der Waals surface area (Å²) >= 11 is 2.87. The van der Waals surface area contributed by atoms with Crippen LogP contribution in [-0.2, 0) is 4.79 Å². The highest BCUT2D eigenvalue weighted by atomic mass is 32.2. The Morgan fingerprint density at radius 3 is 2.48 bits per heavy atom. The maximum atomic E-state index is 12.4. The van der Waals surface area contributed by atoms with Crippen LogP contribution in [0.1, 0.15) is 22.8 Å². The van der Waals surface area contributed by atoms with E-state index in [1.165, 1.54) is 22.2 Å². The van der Waals surface area contributed by atoms with E-state index < -0.39 is 11.2 Å². The van der Waals surface area contributed by atoms with Crippen molar-refractivity contribution in [2.75, 3.05) is 12.3 Å². The molecule has 0 aliphatic carbocycles. The Morgan fingerprint density at radius 1 is 1.12 bits per heavy atom. The largest absolute Gasteiger partial charge is 0.480 e. The molecule has 132 valence electrons. The van der Waals surface area contributed by atoms with Crippen LogP contribution in [0, 0.1) is 6.92 Å². The van der Waals surface area contributed by atoms with Crippen molar-refractivity contribution >= 4 is 35.4 Å². The fourth-order valence-corrected chi connectivity index (χ4v) is 3.76. The first-order chi connectivity index (χ1) is 12.0. The van der Waals surface area contributed by atoms with Crippen LogP contribution >= 0.6 is 23.5 Å². The van der Waals surface area contributed by atoms with Gasteiger partial charge in [0.25, 0.3) is 5.91 Å². The van der Waals surface area contributed by atoms with Gasteiger partial charge >= 0.3 is 5.97 Å². The maximum absolute atomic E-state index is 12.4. The summed E-state index contributed by atoms with van der Waals surface area (Å²) < 4.78 is 0. The molecule has 2 N–H and O–H groups in total. The SMILES string of the molecule is Cc1ccc(SCCNC(=O)c2ccccc2SC(C)C(=O)O)cc1. The molecule has 1 amide bonds. The lowest BCUT2D eigenvalue weighted by Gasteiger charge is -2.11. The minimum Gasteiger partial charge on any atom is -0.480 e. The second kappa shape index (κ2) is 9.53. The Bertz CT molecular complexity index is 732. The number of hydrogen-bond acceptors (Lipinski definition) is 4. The van der Waals surface area contributed by atoms with Gasteiger partial charge in [-0.3, -0.25) is 9.59 Å². The second-order valence-corrected chi connectivity index (χ2v) is 8.06. The van der Waals surface area contributed by atoms with Gasteiger partial charge in [-0.15, -0.1) is 23.5 Å². The van der Waals surface area contributed by atoms with Crippen LogP contribution in [0.3, 0.4) is 0 Å². The number of carbonyl (C=O) groups excluding carboxylic acids is 1. The van der Waals surface area contributed by atoms with Gasteiger partial charge in [-0.2, -0.15) is 0 Å². The molecule has 25 heavy (non-hydrogen) atoms. The summed E-state index contributed by atoms with van der Waals surface area (Å²) in [7, 11) is 0. The van der Waals surface area contributed by atoms with Crippen molar-refractivity contribution in [1.82, 2.24) is 5.32 Å². The predicted molar refractivity (Wildman–Crippen MR) is 104 cm³/mol. The zero-order chi connectivity index (χ0) is 18.2. The van der Waals surface area contributed by atoms with E-state index in [9.17, 15) is 9.59 Å². The van der Waals surface area contributed by atoms with Gasteiger partial charge < -0.3 is 10.4 Å². The molecule has 1 unspecified atom stereocenters. The molecule has 2 aromatic carbocycles. The molecule has 2 rings (SSSR count). The van der Waals surface area contributed by atoms with Gasteiger partial charge in [-0.1, -0.05) is 29.8 Å². The number of aryl methyl sites for hydroxylation is 1. The predicted octanol–water partition coefficient (Wildman–Crippen LogP) is 4.08. The molecule has 0 aromatic heterocycles. The average Bonchev–Trinajstić information content (AvgIpc) is 2.60. The Morgan fingerprint density at radius 2 is 1.80 bits per heavy atom. The molecule has 0 radical (unpaired) electrons. The Kier molecular flexibility index (Phi) is 7.40. The number of hydrogen-bond donors (Lipinski definition) is 2. The van der Waals surface area contributed by atoms with E-state index in [0.717, 1.165) is 5.75 Å². The van der Waals surface area contributed by atoms with Crippen molar-refractivity contribution in [1.29, 1.82) is 0 Å². The van der Waals surface area contributed by atoms with E-state index in [1.54, 1.807) is 43.0 Å². The van der Waals surface area contributed by atoms with Gasteiger partial charge in [0.05, 0.1) is 5.56 Å². The van der Waals surface area contributed by atoms with E-state index in [2.05, 4.69) is 36.5 Å². The van der Waals surface area contributed by atoms with Crippen molar-refractivity contribution < 1.29 is 14.7 Å². The number of carboxylic acids is 1. The number of benzene rings is 2. The molecule has 4 nitrogen and oxygen atoms in total. The summed E-state index contributed by atoms with van der Waals surface area (Å²) in [6, 6.07) is 15.4. The van der Waals surface area contributed by atoms with Crippen LogP contribution in [0.4, 0.5) is 0 Å². The lowest BCUT2D eigenvalue weighted by atomic mass is 10.2. The molecule has 0 saturated heterocycles. The molecule has 0 fully saturated rings. The van der Waals surface area contributed by atoms with E-state index in [4.69, 9.17) is 5.11 Å². The Balaban J connectivity index is 1.88. The summed E-state index contributed by atoms with van der Waals surface area (Å²) in [5.41, 5.74) is 1.74. The molecule has 0 aliphatic heterocycles. The number of aliphatic carboxylic acids is 1. The highest BCUT2D eigenvalue weighted by molar-refractivity contribution is 8.00. The van der Waals surface area contributed by atoms with Crippen LogP contribution in [-0.4, -0.2) is 34.5 Å². The summed E-state index contributed by atoms with van der Waals surface area (Å²) in [6.45, 7) is 4.21. The third kappa shape index (κ3) is 6.14. The highest BCUT2D eigenvalue weighted by Gasteiger charge is 2.17. The molecular formula is C19H21NO3S2. The molecule has 0 heterocycles. The number of rotatable bonds is 8. The topological polar surface area (TPSA) is 66.4 Å². The van der Waals surface area contributed by atoms with Gasteiger partial charge in [0.15, 0.2) is 0 Å². The molecule has 6 heteroatoms. The highest BCUT2D eigenvalue weighted by Crippen LogP contribution is 2.27. The molecule has 0 aliphatic rings. The van der Waals surface area contributed by atoms with E-state index in [-0.39, 0.29) is 5.91 Å². The average molecular weight is 376 g/mol. The number of carbonyl (C=O) groups is 2. The first-order valence-electron chi connectivity index (χ1n) is 7.93. The molecule has 2 aromatic rings. The van der Waals surface area contributed by atoms with Crippen LogP contribution < -0.4 is 5.32 Å². The number of nitrogens with one attached hydrogen (secondary N) is 1. The summed E-state index contributed by atoms with van der Waals surface area (Å²) in [5, 5.41) is 11.3. The molecule has 0 bridgehead atoms. The number of thioether (sulfide) groups is 2. The Labute approximate surface area is 156 Å². The van der Waals surface area contributed by atoms with Gasteiger partial charge in [0, 0.05) is 22.1 Å². The Hall–Kier alpha value is -1.92. The first kappa shape index (κ1) is 19.4. The van der Waals surface area contributed by atoms with Gasteiger partial charge in [-0.05, 0) is 38.1 Å². The smallest absolute Gasteiger partial charge is 0.316 e. The monoisotopic (exact) mass is 375 g/mol.